The van der Waals surface area contributed by atoms with Crippen LogP contribution in [0.1, 0.15) is 0 Å². The fraction of sp³-hybridized carbons (Fsp3) is 0. The van der Waals surface area contributed by atoms with Crippen molar-refractivity contribution in [2.45, 2.75) is 0 Å². The van der Waals surface area contributed by atoms with Crippen molar-refractivity contribution in [2.75, 3.05) is 0 Å². The summed E-state index contributed by atoms with van der Waals surface area (Å²) < 4.78 is 0. The third-order valence-corrected chi connectivity index (χ3v) is 0. The van der Waals surface area contributed by atoms with Crippen molar-refractivity contribution in [1.29, 1.82) is 0 Å². The van der Waals surface area contributed by atoms with Gasteiger partial charge in [0, 0.05) is 17.1 Å². The first kappa shape index (κ1) is 99.8. The van der Waals surface area contributed by atoms with Gasteiger partial charge in [0.05, 0.1) is 0 Å². The van der Waals surface area contributed by atoms with Crippen molar-refractivity contribution in [2.24, 2.45) is 0 Å². The minimum Gasteiger partial charge on any atom is -0.344 e. The van der Waals surface area contributed by atoms with E-state index in [0.29, 0.717) is 0 Å². The van der Waals surface area contributed by atoms with E-state index >= 15 is 0 Å². The van der Waals surface area contributed by atoms with E-state index in [1.807, 2.05) is 0 Å². The number of hydrogen-bond donors (Lipinski definition) is 1. The van der Waals surface area contributed by atoms with Gasteiger partial charge < -0.3 is 6.15 Å². The van der Waals surface area contributed by atoms with Crippen LogP contribution in [-0.2, 0) is 17.1 Å². The Bertz CT molecular complexity index is 6.85. The molecular weight excluding hydrogens is 176 g/mol. The number of halogens is 3. The predicted octanol–water partition coefficient (Wildman–Crippen LogP) is 1.42. The van der Waals surface area contributed by atoms with Gasteiger partial charge in [-0.05, 0) is 0 Å². The molecule has 0 rings (SSSR count). The molecule has 5 heteroatoms. The molecule has 0 aliphatic rings. The molecule has 0 radical (unpaired) electrons. The van der Waals surface area contributed by atoms with Gasteiger partial charge in [-0.2, -0.15) is 0 Å². The Balaban J connectivity index is 0. The molecule has 0 heterocycles. The van der Waals surface area contributed by atoms with Crippen LogP contribution in [0.25, 0.3) is 0 Å². The molecule has 0 fully saturated rings. The van der Waals surface area contributed by atoms with Gasteiger partial charge in [0.25, 0.3) is 0 Å². The molecule has 0 bridgehead atoms. The van der Waals surface area contributed by atoms with E-state index in [2.05, 4.69) is 0 Å². The Morgan fingerprint density at radius 2 is 0.600 bits per heavy atom. The standard InChI is InChI=1S/3ClH.Fe.H3N/h3*1H;;1H3. The van der Waals surface area contributed by atoms with Gasteiger partial charge in [-0.15, -0.1) is 37.2 Å². The molecule has 0 aliphatic carbocycles. The molecule has 1 nitrogen and oxygen atoms in total. The maximum absolute atomic E-state index is 0. The van der Waals surface area contributed by atoms with Gasteiger partial charge >= 0.3 is 0 Å². The summed E-state index contributed by atoms with van der Waals surface area (Å²) in [5, 5.41) is 0. The molecule has 0 aromatic rings. The quantitative estimate of drug-likeness (QED) is 0.565. The molecular formula is H6Cl3FeN. The fourth-order valence-corrected chi connectivity index (χ4v) is 0. The van der Waals surface area contributed by atoms with Gasteiger partial charge in [-0.1, -0.05) is 0 Å². The molecule has 3 N–H and O–H groups in total. The summed E-state index contributed by atoms with van der Waals surface area (Å²) in [4.78, 5) is 0. The molecule has 0 aromatic carbocycles. The average molecular weight is 182 g/mol. The molecule has 0 amide bonds. The molecule has 5 heavy (non-hydrogen) atoms. The SMILES string of the molecule is Cl.Cl.Cl.N.[Fe]. The van der Waals surface area contributed by atoms with Crippen LogP contribution >= 0.6 is 37.2 Å². The summed E-state index contributed by atoms with van der Waals surface area (Å²) in [5.41, 5.74) is 0. The van der Waals surface area contributed by atoms with E-state index < -0.39 is 0 Å². The van der Waals surface area contributed by atoms with E-state index in [1.165, 1.54) is 0 Å². The van der Waals surface area contributed by atoms with Crippen molar-refractivity contribution < 1.29 is 17.1 Å². The molecule has 0 saturated carbocycles. The zero-order valence-electron chi connectivity index (χ0n) is 2.29. The third-order valence-electron chi connectivity index (χ3n) is 0. The normalized spacial score (nSPS) is 0. The molecule has 0 aromatic heterocycles. The zero-order valence-corrected chi connectivity index (χ0v) is 5.84. The summed E-state index contributed by atoms with van der Waals surface area (Å²) in [7, 11) is 0. The summed E-state index contributed by atoms with van der Waals surface area (Å²) in [5.74, 6) is 0. The van der Waals surface area contributed by atoms with Crippen LogP contribution in [0.3, 0.4) is 0 Å². The van der Waals surface area contributed by atoms with Crippen LogP contribution in [0.2, 0.25) is 0 Å². The second-order valence-electron chi connectivity index (χ2n) is 0. The smallest absolute Gasteiger partial charge is 0 e. The van der Waals surface area contributed by atoms with E-state index in [0.717, 1.165) is 0 Å². The maximum atomic E-state index is 0. The van der Waals surface area contributed by atoms with Crippen LogP contribution < -0.4 is 6.15 Å². The summed E-state index contributed by atoms with van der Waals surface area (Å²) in [6.07, 6.45) is 0. The first-order chi connectivity index (χ1) is 0. The number of hydrogen-bond acceptors (Lipinski definition) is 1. The van der Waals surface area contributed by atoms with E-state index in [-0.39, 0.29) is 60.4 Å². The monoisotopic (exact) mass is 181 g/mol. The largest absolute Gasteiger partial charge is 0.344 e. The van der Waals surface area contributed by atoms with E-state index in [1.54, 1.807) is 0 Å². The van der Waals surface area contributed by atoms with Crippen molar-refractivity contribution in [3.8, 4) is 0 Å². The molecule has 0 atom stereocenters. The maximum Gasteiger partial charge on any atom is 0 e. The minimum absolute atomic E-state index is 0. The van der Waals surface area contributed by atoms with Crippen molar-refractivity contribution in [3.63, 3.8) is 0 Å². The second-order valence-corrected chi connectivity index (χ2v) is 0. The first-order valence-corrected chi connectivity index (χ1v) is 0. The molecule has 40 valence electrons. The van der Waals surface area contributed by atoms with Crippen LogP contribution in [0.5, 0.6) is 0 Å². The topological polar surface area (TPSA) is 35.0 Å². The summed E-state index contributed by atoms with van der Waals surface area (Å²) in [6.45, 7) is 0. The Morgan fingerprint density at radius 3 is 0.600 bits per heavy atom. The molecule has 0 saturated heterocycles. The fourth-order valence-electron chi connectivity index (χ4n) is 0. The molecule has 0 unspecified atom stereocenters. The molecule has 0 aliphatic heterocycles. The van der Waals surface area contributed by atoms with Crippen LogP contribution in [0.4, 0.5) is 0 Å². The average Bonchev–Trinajstić information content (AvgIpc) is 0. The Kier molecular flexibility index (Phi) is 1110. The van der Waals surface area contributed by atoms with Crippen molar-refractivity contribution >= 4 is 37.2 Å². The van der Waals surface area contributed by atoms with Gasteiger partial charge in [-0.25, -0.2) is 0 Å². The Morgan fingerprint density at radius 1 is 0.600 bits per heavy atom. The summed E-state index contributed by atoms with van der Waals surface area (Å²) >= 11 is 0. The van der Waals surface area contributed by atoms with E-state index in [4.69, 9.17) is 0 Å². The first-order valence-electron chi connectivity index (χ1n) is 0. The van der Waals surface area contributed by atoms with Gasteiger partial charge in [0.2, 0.25) is 0 Å². The van der Waals surface area contributed by atoms with Crippen molar-refractivity contribution in [3.05, 3.63) is 0 Å². The number of rotatable bonds is 0. The van der Waals surface area contributed by atoms with Crippen LogP contribution in [0.15, 0.2) is 0 Å². The Labute approximate surface area is 60.6 Å². The van der Waals surface area contributed by atoms with Crippen molar-refractivity contribution in [1.82, 2.24) is 6.15 Å². The second kappa shape index (κ2) is 55.6. The summed E-state index contributed by atoms with van der Waals surface area (Å²) in [6, 6.07) is 0. The van der Waals surface area contributed by atoms with Gasteiger partial charge in [0.1, 0.15) is 0 Å². The van der Waals surface area contributed by atoms with Gasteiger partial charge in [0.15, 0.2) is 0 Å². The molecule has 0 spiro atoms. The van der Waals surface area contributed by atoms with Gasteiger partial charge in [-0.3, -0.25) is 0 Å². The van der Waals surface area contributed by atoms with Crippen LogP contribution in [0, 0.1) is 0 Å². The third kappa shape index (κ3) is 33.0. The minimum atomic E-state index is 0. The predicted molar refractivity (Wildman–Crippen MR) is 26.8 cm³/mol. The van der Waals surface area contributed by atoms with Crippen LogP contribution in [-0.4, -0.2) is 0 Å². The zero-order chi connectivity index (χ0) is 0. The van der Waals surface area contributed by atoms with E-state index in [9.17, 15) is 0 Å². The Hall–Kier alpha value is 1.35.